The lowest BCUT2D eigenvalue weighted by molar-refractivity contribution is -0.129. The molecule has 0 heterocycles. The molecule has 0 aliphatic carbocycles. The van der Waals surface area contributed by atoms with Crippen molar-refractivity contribution in [3.05, 3.63) is 59.7 Å². The molecule has 25 heavy (non-hydrogen) atoms. The van der Waals surface area contributed by atoms with E-state index in [0.717, 1.165) is 5.56 Å². The lowest BCUT2D eigenvalue weighted by Gasteiger charge is -2.19. The first-order chi connectivity index (χ1) is 11.9. The van der Waals surface area contributed by atoms with Crippen LogP contribution in [0.15, 0.2) is 53.4 Å². The fraction of sp³-hybridized carbons (Fsp3) is 0.263. The molecule has 1 atom stereocenters. The van der Waals surface area contributed by atoms with Gasteiger partial charge in [0.15, 0.2) is 0 Å². The third-order valence-electron chi connectivity index (χ3n) is 3.83. The van der Waals surface area contributed by atoms with Crippen LogP contribution in [-0.4, -0.2) is 33.7 Å². The summed E-state index contributed by atoms with van der Waals surface area (Å²) in [6, 6.07) is 14.1. The van der Waals surface area contributed by atoms with E-state index >= 15 is 0 Å². The van der Waals surface area contributed by atoms with Crippen molar-refractivity contribution in [2.75, 3.05) is 18.1 Å². The van der Waals surface area contributed by atoms with Crippen LogP contribution in [0.25, 0.3) is 0 Å². The van der Waals surface area contributed by atoms with E-state index in [1.807, 2.05) is 25.1 Å². The molecule has 1 N–H and O–H groups in total. The Morgan fingerprint density at radius 2 is 1.80 bits per heavy atom. The fourth-order valence-electron chi connectivity index (χ4n) is 2.41. The zero-order valence-electron chi connectivity index (χ0n) is 14.6. The molecule has 0 fully saturated rings. The Balaban J connectivity index is 2.09. The van der Waals surface area contributed by atoms with Crippen molar-refractivity contribution < 1.29 is 13.8 Å². The van der Waals surface area contributed by atoms with Crippen LogP contribution in [0.1, 0.15) is 29.8 Å². The van der Waals surface area contributed by atoms with Gasteiger partial charge < -0.3 is 10.2 Å². The van der Waals surface area contributed by atoms with Crippen LogP contribution in [0.3, 0.4) is 0 Å². The van der Waals surface area contributed by atoms with Gasteiger partial charge in [-0.3, -0.25) is 13.8 Å². The number of amides is 2. The summed E-state index contributed by atoms with van der Waals surface area (Å²) in [7, 11) is -1.07. The molecule has 0 aliphatic rings. The summed E-state index contributed by atoms with van der Waals surface area (Å²) in [5, 5.41) is 2.85. The standard InChI is InChI=1S/C19H22N2O3S/c1-4-21(14(2)22)13-15-6-5-7-17(12-15)20-19(23)16-8-10-18(11-9-16)25(3)24/h5-12H,4,13H2,1-3H3,(H,20,23). The monoisotopic (exact) mass is 358 g/mol. The minimum absolute atomic E-state index is 0.0188. The molecule has 2 aromatic rings. The molecular weight excluding hydrogens is 336 g/mol. The van der Waals surface area contributed by atoms with Crippen molar-refractivity contribution in [1.29, 1.82) is 0 Å². The summed E-state index contributed by atoms with van der Waals surface area (Å²) in [5.41, 5.74) is 2.12. The van der Waals surface area contributed by atoms with Gasteiger partial charge >= 0.3 is 0 Å². The van der Waals surface area contributed by atoms with Crippen LogP contribution in [-0.2, 0) is 22.1 Å². The molecule has 0 saturated carbocycles. The zero-order chi connectivity index (χ0) is 18.4. The van der Waals surface area contributed by atoms with Crippen molar-refractivity contribution in [1.82, 2.24) is 4.90 Å². The summed E-state index contributed by atoms with van der Waals surface area (Å²) in [4.78, 5) is 26.3. The van der Waals surface area contributed by atoms with Crippen LogP contribution >= 0.6 is 0 Å². The van der Waals surface area contributed by atoms with Gasteiger partial charge in [0.2, 0.25) is 5.91 Å². The molecule has 0 spiro atoms. The number of nitrogens with one attached hydrogen (secondary N) is 1. The molecule has 5 nitrogen and oxygen atoms in total. The number of nitrogens with zero attached hydrogens (tertiary/aromatic N) is 1. The number of carbonyl (C=O) groups excluding carboxylic acids is 2. The molecule has 2 rings (SSSR count). The third kappa shape index (κ3) is 5.26. The zero-order valence-corrected chi connectivity index (χ0v) is 15.4. The second-order valence-electron chi connectivity index (χ2n) is 5.67. The predicted molar refractivity (Wildman–Crippen MR) is 99.9 cm³/mol. The lowest BCUT2D eigenvalue weighted by Crippen LogP contribution is -2.27. The van der Waals surface area contributed by atoms with Crippen molar-refractivity contribution in [2.45, 2.75) is 25.3 Å². The first kappa shape index (κ1) is 18.9. The summed E-state index contributed by atoms with van der Waals surface area (Å²) in [6.07, 6.45) is 1.60. The maximum absolute atomic E-state index is 12.3. The molecule has 0 aromatic heterocycles. The normalized spacial score (nSPS) is 11.6. The fourth-order valence-corrected chi connectivity index (χ4v) is 2.93. The summed E-state index contributed by atoms with van der Waals surface area (Å²) >= 11 is 0. The minimum atomic E-state index is -1.07. The molecule has 0 aliphatic heterocycles. The van der Waals surface area contributed by atoms with Gasteiger partial charge in [0.1, 0.15) is 0 Å². The molecule has 0 saturated heterocycles. The van der Waals surface area contributed by atoms with Crippen molar-refractivity contribution in [3.63, 3.8) is 0 Å². The van der Waals surface area contributed by atoms with Gasteiger partial charge in [0.05, 0.1) is 0 Å². The highest BCUT2D eigenvalue weighted by Gasteiger charge is 2.10. The first-order valence-corrected chi connectivity index (χ1v) is 9.55. The van der Waals surface area contributed by atoms with E-state index in [2.05, 4.69) is 5.32 Å². The van der Waals surface area contributed by atoms with E-state index in [1.54, 1.807) is 48.4 Å². The quantitative estimate of drug-likeness (QED) is 0.863. The van der Waals surface area contributed by atoms with Crippen LogP contribution in [0.4, 0.5) is 5.69 Å². The molecule has 0 bridgehead atoms. The number of anilines is 1. The molecule has 1 unspecified atom stereocenters. The van der Waals surface area contributed by atoms with E-state index in [1.165, 1.54) is 0 Å². The average Bonchev–Trinajstić information content (AvgIpc) is 2.59. The first-order valence-electron chi connectivity index (χ1n) is 8.00. The molecule has 2 aromatic carbocycles. The molecule has 132 valence electrons. The average molecular weight is 358 g/mol. The second-order valence-corrected chi connectivity index (χ2v) is 7.05. The van der Waals surface area contributed by atoms with Crippen LogP contribution < -0.4 is 5.32 Å². The molecule has 2 amide bonds. The van der Waals surface area contributed by atoms with E-state index in [9.17, 15) is 13.8 Å². The van der Waals surface area contributed by atoms with Gasteiger partial charge in [-0.1, -0.05) is 12.1 Å². The van der Waals surface area contributed by atoms with E-state index in [-0.39, 0.29) is 11.8 Å². The number of rotatable bonds is 6. The highest BCUT2D eigenvalue weighted by atomic mass is 32.2. The molecule has 0 radical (unpaired) electrons. The van der Waals surface area contributed by atoms with Gasteiger partial charge in [-0.25, -0.2) is 0 Å². The van der Waals surface area contributed by atoms with E-state index < -0.39 is 10.8 Å². The van der Waals surface area contributed by atoms with Gasteiger partial charge in [-0.05, 0) is 48.9 Å². The number of hydrogen-bond donors (Lipinski definition) is 1. The van der Waals surface area contributed by atoms with Gasteiger partial charge in [-0.15, -0.1) is 0 Å². The highest BCUT2D eigenvalue weighted by molar-refractivity contribution is 7.84. The van der Waals surface area contributed by atoms with Crippen LogP contribution in [0.2, 0.25) is 0 Å². The maximum atomic E-state index is 12.3. The Morgan fingerprint density at radius 3 is 2.36 bits per heavy atom. The Kier molecular flexibility index (Phi) is 6.47. The van der Waals surface area contributed by atoms with Crippen LogP contribution in [0, 0.1) is 0 Å². The number of benzene rings is 2. The van der Waals surface area contributed by atoms with Gasteiger partial charge in [0, 0.05) is 53.2 Å². The molecule has 6 heteroatoms. The Bertz CT molecular complexity index is 788. The highest BCUT2D eigenvalue weighted by Crippen LogP contribution is 2.15. The Morgan fingerprint density at radius 1 is 1.12 bits per heavy atom. The second kappa shape index (κ2) is 8.58. The molecular formula is C19H22N2O3S. The number of carbonyl (C=O) groups is 2. The topological polar surface area (TPSA) is 66.5 Å². The lowest BCUT2D eigenvalue weighted by atomic mass is 10.1. The summed E-state index contributed by atoms with van der Waals surface area (Å²) < 4.78 is 11.4. The SMILES string of the molecule is CCN(Cc1cccc(NC(=O)c2ccc(S(C)=O)cc2)c1)C(C)=O. The van der Waals surface area contributed by atoms with Gasteiger partial charge in [-0.2, -0.15) is 0 Å². The minimum Gasteiger partial charge on any atom is -0.339 e. The Labute approximate surface area is 150 Å². The van der Waals surface area contributed by atoms with Crippen molar-refractivity contribution in [2.24, 2.45) is 0 Å². The summed E-state index contributed by atoms with van der Waals surface area (Å²) in [6.45, 7) is 4.62. The third-order valence-corrected chi connectivity index (χ3v) is 4.77. The smallest absolute Gasteiger partial charge is 0.255 e. The van der Waals surface area contributed by atoms with E-state index in [4.69, 9.17) is 0 Å². The number of hydrogen-bond acceptors (Lipinski definition) is 3. The summed E-state index contributed by atoms with van der Waals surface area (Å²) in [5.74, 6) is -0.213. The van der Waals surface area contributed by atoms with Crippen molar-refractivity contribution in [3.8, 4) is 0 Å². The van der Waals surface area contributed by atoms with Gasteiger partial charge in [0.25, 0.3) is 5.91 Å². The van der Waals surface area contributed by atoms with Crippen molar-refractivity contribution >= 4 is 28.3 Å². The largest absolute Gasteiger partial charge is 0.339 e. The van der Waals surface area contributed by atoms with Crippen LogP contribution in [0.5, 0.6) is 0 Å². The van der Waals surface area contributed by atoms with E-state index in [0.29, 0.717) is 29.2 Å². The Hall–Kier alpha value is -2.47. The predicted octanol–water partition coefficient (Wildman–Crippen LogP) is 3.04. The maximum Gasteiger partial charge on any atom is 0.255 e.